The molecule has 0 saturated carbocycles. The summed E-state index contributed by atoms with van der Waals surface area (Å²) in [5.41, 5.74) is 7.92. The second kappa shape index (κ2) is 5.95. The van der Waals surface area contributed by atoms with E-state index in [0.717, 1.165) is 11.3 Å². The second-order valence-electron chi connectivity index (χ2n) is 4.83. The van der Waals surface area contributed by atoms with Crippen molar-refractivity contribution in [3.8, 4) is 0 Å². The Morgan fingerprint density at radius 3 is 2.37 bits per heavy atom. The summed E-state index contributed by atoms with van der Waals surface area (Å²) in [6, 6.07) is 7.48. The van der Waals surface area contributed by atoms with Crippen molar-refractivity contribution in [3.05, 3.63) is 51.8 Å². The fourth-order valence-corrected chi connectivity index (χ4v) is 2.64. The maximum absolute atomic E-state index is 6.20. The van der Waals surface area contributed by atoms with Crippen molar-refractivity contribution in [1.29, 1.82) is 0 Å². The normalized spacial score (nSPS) is 12.9. The Balaban J connectivity index is 2.18. The van der Waals surface area contributed by atoms with E-state index in [-0.39, 0.29) is 6.04 Å². The number of aromatic nitrogens is 2. The third-order valence-corrected chi connectivity index (χ3v) is 3.65. The zero-order chi connectivity index (χ0) is 14.0. The highest BCUT2D eigenvalue weighted by Crippen LogP contribution is 2.30. The van der Waals surface area contributed by atoms with E-state index in [0.29, 0.717) is 22.5 Å². The van der Waals surface area contributed by atoms with E-state index < -0.39 is 0 Å². The van der Waals surface area contributed by atoms with Crippen LogP contribution in [0.1, 0.15) is 37.2 Å². The van der Waals surface area contributed by atoms with Gasteiger partial charge in [-0.3, -0.25) is 4.68 Å². The average molecular weight is 298 g/mol. The van der Waals surface area contributed by atoms with Crippen molar-refractivity contribution in [2.75, 3.05) is 0 Å². The molecule has 0 radical (unpaired) electrons. The van der Waals surface area contributed by atoms with E-state index >= 15 is 0 Å². The second-order valence-corrected chi connectivity index (χ2v) is 5.64. The van der Waals surface area contributed by atoms with E-state index in [1.54, 1.807) is 12.1 Å². The fraction of sp³-hybridized carbons (Fsp3) is 0.357. The summed E-state index contributed by atoms with van der Waals surface area (Å²) in [5, 5.41) is 5.69. The number of hydrogen-bond acceptors (Lipinski definition) is 2. The van der Waals surface area contributed by atoms with Gasteiger partial charge in [0.05, 0.1) is 5.69 Å². The van der Waals surface area contributed by atoms with Gasteiger partial charge in [0.1, 0.15) is 0 Å². The van der Waals surface area contributed by atoms with Crippen molar-refractivity contribution in [2.24, 2.45) is 5.73 Å². The van der Waals surface area contributed by atoms with Gasteiger partial charge in [0.2, 0.25) is 0 Å². The van der Waals surface area contributed by atoms with Crippen LogP contribution in [-0.4, -0.2) is 9.78 Å². The van der Waals surface area contributed by atoms with Gasteiger partial charge in [-0.15, -0.1) is 0 Å². The minimum absolute atomic E-state index is 0.253. The monoisotopic (exact) mass is 297 g/mol. The third-order valence-electron chi connectivity index (χ3n) is 2.99. The fourth-order valence-electron chi connectivity index (χ4n) is 1.97. The van der Waals surface area contributed by atoms with Gasteiger partial charge in [-0.05, 0) is 32.0 Å². The lowest BCUT2D eigenvalue weighted by atomic mass is 10.0. The number of nitrogens with two attached hydrogens (primary N) is 1. The highest BCUT2D eigenvalue weighted by Gasteiger charge is 2.16. The number of nitrogens with zero attached hydrogens (tertiary/aromatic N) is 2. The molecule has 1 unspecified atom stereocenters. The van der Waals surface area contributed by atoms with Crippen LogP contribution >= 0.6 is 23.2 Å². The molecule has 3 nitrogen and oxygen atoms in total. The predicted molar refractivity (Wildman–Crippen MR) is 79.7 cm³/mol. The van der Waals surface area contributed by atoms with Gasteiger partial charge in [-0.2, -0.15) is 5.10 Å². The van der Waals surface area contributed by atoms with Crippen LogP contribution in [0.25, 0.3) is 0 Å². The Bertz CT molecular complexity index is 543. The number of hydrogen-bond donors (Lipinski definition) is 1. The van der Waals surface area contributed by atoms with E-state index in [9.17, 15) is 0 Å². The van der Waals surface area contributed by atoms with Gasteiger partial charge >= 0.3 is 0 Å². The summed E-state index contributed by atoms with van der Waals surface area (Å²) in [6.45, 7) is 4.17. The molecule has 1 aromatic carbocycles. The molecule has 1 heterocycles. The molecule has 0 aliphatic carbocycles. The van der Waals surface area contributed by atoms with Crippen LogP contribution < -0.4 is 5.73 Å². The summed E-state index contributed by atoms with van der Waals surface area (Å²) >= 11 is 12.3. The predicted octanol–water partition coefficient (Wildman–Crippen LogP) is 4.01. The van der Waals surface area contributed by atoms with E-state index in [2.05, 4.69) is 18.9 Å². The molecular weight excluding hydrogens is 281 g/mol. The van der Waals surface area contributed by atoms with Gasteiger partial charge < -0.3 is 5.73 Å². The Hall–Kier alpha value is -1.03. The zero-order valence-electron chi connectivity index (χ0n) is 11.0. The van der Waals surface area contributed by atoms with Crippen LogP contribution in [0.2, 0.25) is 10.0 Å². The smallest absolute Gasteiger partial charge is 0.0643 e. The quantitative estimate of drug-likeness (QED) is 0.926. The highest BCUT2D eigenvalue weighted by molar-refractivity contribution is 6.36. The minimum Gasteiger partial charge on any atom is -0.324 e. The lowest BCUT2D eigenvalue weighted by Gasteiger charge is -2.14. The molecule has 2 aromatic rings. The SMILES string of the molecule is CC(C)n1ccc(CC(N)c2c(Cl)cccc2Cl)n1. The standard InChI is InChI=1S/C14H17Cl2N3/c1-9(2)19-7-6-10(18-19)8-13(17)14-11(15)4-3-5-12(14)16/h3-7,9,13H,8,17H2,1-2H3. The molecule has 0 aliphatic rings. The van der Waals surface area contributed by atoms with Crippen LogP contribution in [0.4, 0.5) is 0 Å². The number of rotatable bonds is 4. The topological polar surface area (TPSA) is 43.8 Å². The van der Waals surface area contributed by atoms with Crippen molar-refractivity contribution in [3.63, 3.8) is 0 Å². The largest absolute Gasteiger partial charge is 0.324 e. The van der Waals surface area contributed by atoms with Crippen LogP contribution in [-0.2, 0) is 6.42 Å². The van der Waals surface area contributed by atoms with Gasteiger partial charge in [0.25, 0.3) is 0 Å². The van der Waals surface area contributed by atoms with E-state index in [4.69, 9.17) is 28.9 Å². The molecule has 0 spiro atoms. The molecule has 0 amide bonds. The van der Waals surface area contributed by atoms with Crippen molar-refractivity contribution in [2.45, 2.75) is 32.4 Å². The zero-order valence-corrected chi connectivity index (χ0v) is 12.5. The number of benzene rings is 1. The van der Waals surface area contributed by atoms with Crippen LogP contribution in [0, 0.1) is 0 Å². The summed E-state index contributed by atoms with van der Waals surface area (Å²) in [7, 11) is 0. The summed E-state index contributed by atoms with van der Waals surface area (Å²) < 4.78 is 1.91. The molecule has 5 heteroatoms. The van der Waals surface area contributed by atoms with Crippen LogP contribution in [0.5, 0.6) is 0 Å². The van der Waals surface area contributed by atoms with Gasteiger partial charge in [-0.1, -0.05) is 29.3 Å². The molecular formula is C14H17Cl2N3. The van der Waals surface area contributed by atoms with Crippen molar-refractivity contribution < 1.29 is 0 Å². The maximum Gasteiger partial charge on any atom is 0.0643 e. The Morgan fingerprint density at radius 1 is 1.21 bits per heavy atom. The van der Waals surface area contributed by atoms with Gasteiger partial charge in [0.15, 0.2) is 0 Å². The average Bonchev–Trinajstić information content (AvgIpc) is 2.77. The molecule has 0 aliphatic heterocycles. The summed E-state index contributed by atoms with van der Waals surface area (Å²) in [5.74, 6) is 0. The minimum atomic E-state index is -0.253. The summed E-state index contributed by atoms with van der Waals surface area (Å²) in [6.07, 6.45) is 2.57. The first-order valence-corrected chi connectivity index (χ1v) is 6.98. The molecule has 102 valence electrons. The Kier molecular flexibility index (Phi) is 4.50. The Labute approximate surface area is 123 Å². The molecule has 0 saturated heterocycles. The molecule has 1 atom stereocenters. The first-order chi connectivity index (χ1) is 8.99. The molecule has 19 heavy (non-hydrogen) atoms. The van der Waals surface area contributed by atoms with Crippen LogP contribution in [0.3, 0.4) is 0 Å². The van der Waals surface area contributed by atoms with Crippen molar-refractivity contribution in [1.82, 2.24) is 9.78 Å². The first-order valence-electron chi connectivity index (χ1n) is 6.22. The maximum atomic E-state index is 6.20. The van der Waals surface area contributed by atoms with Crippen LogP contribution in [0.15, 0.2) is 30.5 Å². The molecule has 0 fully saturated rings. The van der Waals surface area contributed by atoms with Gasteiger partial charge in [0, 0.05) is 40.3 Å². The first kappa shape index (κ1) is 14.4. The lowest BCUT2D eigenvalue weighted by Crippen LogP contribution is -2.15. The Morgan fingerprint density at radius 2 is 1.84 bits per heavy atom. The summed E-state index contributed by atoms with van der Waals surface area (Å²) in [4.78, 5) is 0. The highest BCUT2D eigenvalue weighted by atomic mass is 35.5. The number of halogens is 2. The molecule has 1 aromatic heterocycles. The molecule has 2 N–H and O–H groups in total. The molecule has 0 bridgehead atoms. The van der Waals surface area contributed by atoms with E-state index in [1.807, 2.05) is 23.0 Å². The lowest BCUT2D eigenvalue weighted by molar-refractivity contribution is 0.522. The van der Waals surface area contributed by atoms with Gasteiger partial charge in [-0.25, -0.2) is 0 Å². The molecule has 2 rings (SSSR count). The van der Waals surface area contributed by atoms with Crippen molar-refractivity contribution >= 4 is 23.2 Å². The van der Waals surface area contributed by atoms with E-state index in [1.165, 1.54) is 0 Å². The third kappa shape index (κ3) is 3.30.